The van der Waals surface area contributed by atoms with Crippen molar-refractivity contribution in [3.8, 4) is 0 Å². The van der Waals surface area contributed by atoms with E-state index in [9.17, 15) is 14.7 Å². The molecule has 0 aromatic rings. The average molecular weight is 437 g/mol. The highest BCUT2D eigenvalue weighted by Crippen LogP contribution is 2.67. The Balaban J connectivity index is 1.72. The maximum Gasteiger partial charge on any atom is 0.192 e. The zero-order chi connectivity index (χ0) is 22.3. The van der Waals surface area contributed by atoms with Gasteiger partial charge >= 0.3 is 0 Å². The van der Waals surface area contributed by atoms with Crippen LogP contribution in [0.4, 0.5) is 0 Å². The molecule has 4 aliphatic rings. The molecule has 1 N–H and O–H groups in total. The van der Waals surface area contributed by atoms with Crippen molar-refractivity contribution in [3.05, 3.63) is 0 Å². The molecule has 4 fully saturated rings. The molecule has 0 aromatic heterocycles. The summed E-state index contributed by atoms with van der Waals surface area (Å²) in [5, 5.41) is 11.2. The molecule has 0 bridgehead atoms. The summed E-state index contributed by atoms with van der Waals surface area (Å²) in [7, 11) is -1.77. The molecule has 30 heavy (non-hydrogen) atoms. The van der Waals surface area contributed by atoms with Gasteiger partial charge in [0.1, 0.15) is 0 Å². The number of hydrogen-bond donors (Lipinski definition) is 1. The van der Waals surface area contributed by atoms with Crippen molar-refractivity contribution in [1.29, 1.82) is 0 Å². The van der Waals surface area contributed by atoms with E-state index in [-0.39, 0.29) is 29.0 Å². The van der Waals surface area contributed by atoms with E-state index in [0.29, 0.717) is 12.3 Å². The van der Waals surface area contributed by atoms with Crippen LogP contribution in [0, 0.1) is 28.6 Å². The van der Waals surface area contributed by atoms with Gasteiger partial charge in [-0.15, -0.1) is 0 Å². The maximum atomic E-state index is 13.6. The van der Waals surface area contributed by atoms with E-state index in [4.69, 9.17) is 9.16 Å². The Morgan fingerprint density at radius 1 is 1.10 bits per heavy atom. The smallest absolute Gasteiger partial charge is 0.192 e. The van der Waals surface area contributed by atoms with Crippen LogP contribution in [-0.2, 0) is 18.8 Å². The van der Waals surface area contributed by atoms with Crippen LogP contribution in [0.5, 0.6) is 0 Å². The van der Waals surface area contributed by atoms with Crippen molar-refractivity contribution < 1.29 is 23.9 Å². The highest BCUT2D eigenvalue weighted by atomic mass is 28.4. The lowest BCUT2D eigenvalue weighted by Gasteiger charge is -2.62. The molecule has 0 amide bonds. The zero-order valence-electron chi connectivity index (χ0n) is 19.8. The summed E-state index contributed by atoms with van der Waals surface area (Å²) >= 11 is 0. The van der Waals surface area contributed by atoms with Crippen LogP contribution < -0.4 is 0 Å². The van der Waals surface area contributed by atoms with Crippen molar-refractivity contribution >= 4 is 19.9 Å². The van der Waals surface area contributed by atoms with Crippen molar-refractivity contribution in [1.82, 2.24) is 0 Å². The molecule has 3 saturated carbocycles. The fourth-order valence-corrected chi connectivity index (χ4v) is 10.8. The zero-order valence-corrected chi connectivity index (χ0v) is 20.8. The summed E-state index contributed by atoms with van der Waals surface area (Å²) in [5.41, 5.74) is -2.45. The molecule has 170 valence electrons. The molecule has 1 saturated heterocycles. The Morgan fingerprint density at radius 3 is 2.27 bits per heavy atom. The summed E-state index contributed by atoms with van der Waals surface area (Å²) in [6.45, 7) is 14.7. The summed E-state index contributed by atoms with van der Waals surface area (Å²) in [6, 6.07) is 3.32. The van der Waals surface area contributed by atoms with Crippen molar-refractivity contribution in [2.24, 2.45) is 28.6 Å². The fraction of sp³-hybridized carbons (Fsp3) is 0.917. The summed E-state index contributed by atoms with van der Waals surface area (Å²) in [4.78, 5) is 27.1. The van der Waals surface area contributed by atoms with Crippen LogP contribution >= 0.6 is 0 Å². The van der Waals surface area contributed by atoms with Gasteiger partial charge in [-0.1, -0.05) is 34.6 Å². The monoisotopic (exact) mass is 436 g/mol. The Kier molecular flexibility index (Phi) is 5.25. The van der Waals surface area contributed by atoms with E-state index < -0.39 is 37.5 Å². The first kappa shape index (κ1) is 22.6. The largest absolute Gasteiger partial charge is 0.414 e. The van der Waals surface area contributed by atoms with Crippen molar-refractivity contribution in [3.63, 3.8) is 0 Å². The molecule has 0 spiro atoms. The molecule has 5 nitrogen and oxygen atoms in total. The van der Waals surface area contributed by atoms with Gasteiger partial charge in [0, 0.05) is 12.0 Å². The van der Waals surface area contributed by atoms with Gasteiger partial charge in [0.25, 0.3) is 0 Å². The first-order chi connectivity index (χ1) is 13.9. The first-order valence-corrected chi connectivity index (χ1v) is 14.6. The van der Waals surface area contributed by atoms with E-state index in [1.54, 1.807) is 6.92 Å². The minimum absolute atomic E-state index is 0.0312. The molecular formula is C24H40O5Si. The van der Waals surface area contributed by atoms with Crippen molar-refractivity contribution in [2.75, 3.05) is 0 Å². The Labute approximate surface area is 182 Å². The Hall–Kier alpha value is -0.563. The molecular weight excluding hydrogens is 396 g/mol. The lowest BCUT2D eigenvalue weighted by molar-refractivity contribution is -0.195. The fourth-order valence-electron chi connectivity index (χ4n) is 7.90. The van der Waals surface area contributed by atoms with Gasteiger partial charge in [-0.2, -0.15) is 0 Å². The van der Waals surface area contributed by atoms with Crippen LogP contribution in [0.3, 0.4) is 0 Å². The number of fused-ring (bicyclic) bond motifs is 4. The number of carbonyl (C=O) groups excluding carboxylic acids is 2. The van der Waals surface area contributed by atoms with Gasteiger partial charge in [0.2, 0.25) is 0 Å². The second-order valence-corrected chi connectivity index (χ2v) is 16.0. The number of ether oxygens (including phenoxy) is 1. The number of aliphatic hydroxyl groups excluding tert-OH is 1. The predicted molar refractivity (Wildman–Crippen MR) is 118 cm³/mol. The van der Waals surface area contributed by atoms with E-state index in [2.05, 4.69) is 34.6 Å². The van der Waals surface area contributed by atoms with E-state index in [1.165, 1.54) is 0 Å². The normalized spacial score (nSPS) is 50.5. The lowest BCUT2D eigenvalue weighted by atomic mass is 9.41. The number of hydrogen-bond acceptors (Lipinski definition) is 5. The molecule has 0 radical (unpaired) electrons. The van der Waals surface area contributed by atoms with Crippen LogP contribution in [-0.4, -0.2) is 48.9 Å². The van der Waals surface area contributed by atoms with Gasteiger partial charge in [0.05, 0.1) is 11.5 Å². The number of aliphatic hydroxyl groups is 1. The lowest BCUT2D eigenvalue weighted by Crippen LogP contribution is -2.69. The first-order valence-electron chi connectivity index (χ1n) is 12.1. The molecule has 1 aliphatic heterocycles. The van der Waals surface area contributed by atoms with Crippen molar-refractivity contribution in [2.45, 2.75) is 110 Å². The van der Waals surface area contributed by atoms with Crippen LogP contribution in [0.2, 0.25) is 18.1 Å². The summed E-state index contributed by atoms with van der Waals surface area (Å²) < 4.78 is 12.6. The maximum absolute atomic E-state index is 13.6. The van der Waals surface area contributed by atoms with Crippen LogP contribution in [0.1, 0.15) is 67.7 Å². The SMILES string of the molecule is CC[Si](CC)(CC)OC1CC(C)C2CC(O)C3(C)C(=O)[C@@]4(C)O[C@H]4C(=O)C3C2(C)C1. The number of rotatable bonds is 5. The molecule has 6 heteroatoms. The van der Waals surface area contributed by atoms with Gasteiger partial charge in [-0.05, 0) is 68.5 Å². The number of Topliss-reactive ketones (excluding diaryl/α,β-unsaturated/α-hetero) is 2. The molecule has 3 aliphatic carbocycles. The third-order valence-corrected chi connectivity index (χ3v) is 14.6. The van der Waals surface area contributed by atoms with Gasteiger partial charge in [-0.3, -0.25) is 9.59 Å². The van der Waals surface area contributed by atoms with E-state index in [0.717, 1.165) is 31.0 Å². The predicted octanol–water partition coefficient (Wildman–Crippen LogP) is 4.13. The number of ketones is 2. The Morgan fingerprint density at radius 2 is 1.70 bits per heavy atom. The topological polar surface area (TPSA) is 76.1 Å². The second kappa shape index (κ2) is 6.97. The quantitative estimate of drug-likeness (QED) is 0.518. The Bertz CT molecular complexity index is 742. The third kappa shape index (κ3) is 2.75. The second-order valence-electron chi connectivity index (χ2n) is 11.3. The number of epoxide rings is 1. The highest BCUT2D eigenvalue weighted by Gasteiger charge is 2.79. The molecule has 1 heterocycles. The van der Waals surface area contributed by atoms with Gasteiger partial charge in [-0.25, -0.2) is 0 Å². The molecule has 9 atom stereocenters. The van der Waals surface area contributed by atoms with E-state index in [1.807, 2.05) is 6.92 Å². The molecule has 7 unspecified atom stereocenters. The number of carbonyl (C=O) groups is 2. The highest BCUT2D eigenvalue weighted by molar-refractivity contribution is 6.73. The summed E-state index contributed by atoms with van der Waals surface area (Å²) in [6.07, 6.45) is 1.06. The van der Waals surface area contributed by atoms with Gasteiger partial charge in [0.15, 0.2) is 31.6 Å². The van der Waals surface area contributed by atoms with E-state index >= 15 is 0 Å². The van der Waals surface area contributed by atoms with Crippen LogP contribution in [0.25, 0.3) is 0 Å². The van der Waals surface area contributed by atoms with Gasteiger partial charge < -0.3 is 14.3 Å². The summed E-state index contributed by atoms with van der Waals surface area (Å²) in [5.74, 6) is 0.0185. The minimum Gasteiger partial charge on any atom is -0.414 e. The van der Waals surface area contributed by atoms with Crippen LogP contribution in [0.15, 0.2) is 0 Å². The molecule has 4 rings (SSSR count). The minimum atomic E-state index is -1.77. The third-order valence-electron chi connectivity index (χ3n) is 9.90. The standard InChI is InChI=1S/C24H40O5Si/c1-8-30(9-2,10-3)29-15-11-14(4)16-12-17(25)23(6)19(22(16,5)13-15)18(26)20-24(7,28-20)21(23)27/h14-17,19-20,25H,8-13H2,1-7H3/t14?,15?,16?,17?,19?,20-,22?,23?,24-/m0/s1. The molecule has 0 aromatic carbocycles. The average Bonchev–Trinajstić information content (AvgIpc) is 3.40.